The maximum Gasteiger partial charge on any atom is 0.284 e. The molecule has 1 heterocycles. The Balaban J connectivity index is 2.11. The van der Waals surface area contributed by atoms with Gasteiger partial charge in [-0.15, -0.1) is 0 Å². The largest absolute Gasteiger partial charge is 0.373 e. The van der Waals surface area contributed by atoms with Crippen molar-refractivity contribution in [3.05, 3.63) is 34.4 Å². The minimum atomic E-state index is -0.338. The van der Waals surface area contributed by atoms with Crippen LogP contribution in [0.4, 0.5) is 5.69 Å². The average Bonchev–Trinajstić information content (AvgIpc) is 2.27. The summed E-state index contributed by atoms with van der Waals surface area (Å²) in [6, 6.07) is 6.83. The van der Waals surface area contributed by atoms with Crippen LogP contribution in [0.3, 0.4) is 0 Å². The van der Waals surface area contributed by atoms with E-state index in [1.54, 1.807) is 12.1 Å². The zero-order chi connectivity index (χ0) is 13.1. The second-order valence-corrected chi connectivity index (χ2v) is 5.56. The van der Waals surface area contributed by atoms with Gasteiger partial charge in [0.25, 0.3) is 5.69 Å². The van der Waals surface area contributed by atoms with Gasteiger partial charge in [0.15, 0.2) is 0 Å². The third-order valence-corrected chi connectivity index (χ3v) is 3.77. The Morgan fingerprint density at radius 2 is 1.94 bits per heavy atom. The zero-order valence-electron chi connectivity index (χ0n) is 10.4. The first-order valence-corrected chi connectivity index (χ1v) is 6.65. The van der Waals surface area contributed by atoms with Crippen molar-refractivity contribution in [3.63, 3.8) is 0 Å². The van der Waals surface area contributed by atoms with Crippen LogP contribution in [0.5, 0.6) is 0 Å². The number of benzene rings is 1. The van der Waals surface area contributed by atoms with E-state index in [4.69, 9.17) is 4.74 Å². The van der Waals surface area contributed by atoms with Gasteiger partial charge in [-0.1, -0.05) is 12.1 Å². The van der Waals surface area contributed by atoms with Crippen LogP contribution in [-0.2, 0) is 4.74 Å². The fourth-order valence-electron chi connectivity index (χ4n) is 2.03. The van der Waals surface area contributed by atoms with Gasteiger partial charge in [0, 0.05) is 19.2 Å². The Bertz CT molecular complexity index is 431. The van der Waals surface area contributed by atoms with E-state index >= 15 is 0 Å². The van der Waals surface area contributed by atoms with E-state index in [0.717, 1.165) is 13.1 Å². The number of ether oxygens (including phenoxy) is 1. The molecule has 0 radical (unpaired) electrons. The molecule has 0 aromatic heterocycles. The summed E-state index contributed by atoms with van der Waals surface area (Å²) in [5.74, 6) is 0. The van der Waals surface area contributed by atoms with Crippen molar-refractivity contribution in [3.8, 4) is 0 Å². The van der Waals surface area contributed by atoms with Crippen LogP contribution in [0.2, 0.25) is 0 Å². The van der Waals surface area contributed by atoms with Crippen LogP contribution >= 0.6 is 11.9 Å². The van der Waals surface area contributed by atoms with Gasteiger partial charge in [-0.25, -0.2) is 4.31 Å². The van der Waals surface area contributed by atoms with Gasteiger partial charge >= 0.3 is 0 Å². The van der Waals surface area contributed by atoms with Crippen LogP contribution in [0.15, 0.2) is 29.2 Å². The van der Waals surface area contributed by atoms with Crippen molar-refractivity contribution in [1.29, 1.82) is 0 Å². The molecule has 0 N–H and O–H groups in total. The SMILES string of the molecule is C[C@H]1CN(Sc2ccccc2[N+](=O)[O-])C[C@H](C)O1. The second-order valence-electron chi connectivity index (χ2n) is 4.42. The maximum absolute atomic E-state index is 10.9. The van der Waals surface area contributed by atoms with E-state index in [1.165, 1.54) is 18.0 Å². The highest BCUT2D eigenvalue weighted by molar-refractivity contribution is 7.97. The van der Waals surface area contributed by atoms with E-state index in [9.17, 15) is 10.1 Å². The summed E-state index contributed by atoms with van der Waals surface area (Å²) in [6.45, 7) is 5.59. The molecule has 2 atom stereocenters. The lowest BCUT2D eigenvalue weighted by molar-refractivity contribution is -0.387. The molecule has 0 spiro atoms. The topological polar surface area (TPSA) is 55.6 Å². The fourth-order valence-corrected chi connectivity index (χ4v) is 3.25. The second kappa shape index (κ2) is 5.69. The predicted molar refractivity (Wildman–Crippen MR) is 70.5 cm³/mol. The third-order valence-electron chi connectivity index (χ3n) is 2.68. The Kier molecular flexibility index (Phi) is 4.21. The highest BCUT2D eigenvalue weighted by Crippen LogP contribution is 2.32. The Morgan fingerprint density at radius 3 is 2.56 bits per heavy atom. The molecular weight excluding hydrogens is 252 g/mol. The van der Waals surface area contributed by atoms with Gasteiger partial charge in [-0.2, -0.15) is 0 Å². The molecule has 2 rings (SSSR count). The molecule has 1 fully saturated rings. The molecule has 1 aromatic rings. The molecule has 5 nitrogen and oxygen atoms in total. The highest BCUT2D eigenvalue weighted by atomic mass is 32.2. The summed E-state index contributed by atoms with van der Waals surface area (Å²) in [7, 11) is 0. The van der Waals surface area contributed by atoms with Crippen LogP contribution in [0.1, 0.15) is 13.8 Å². The van der Waals surface area contributed by atoms with E-state index in [-0.39, 0.29) is 22.8 Å². The van der Waals surface area contributed by atoms with Crippen molar-refractivity contribution in [1.82, 2.24) is 4.31 Å². The molecule has 6 heteroatoms. The van der Waals surface area contributed by atoms with Crippen LogP contribution < -0.4 is 0 Å². The molecule has 98 valence electrons. The first-order valence-electron chi connectivity index (χ1n) is 5.88. The summed E-state index contributed by atoms with van der Waals surface area (Å²) in [6.07, 6.45) is 0.313. The maximum atomic E-state index is 10.9. The molecule has 0 amide bonds. The quantitative estimate of drug-likeness (QED) is 0.479. The lowest BCUT2D eigenvalue weighted by Gasteiger charge is -2.34. The van der Waals surface area contributed by atoms with Crippen molar-refractivity contribution in [2.75, 3.05) is 13.1 Å². The molecule has 0 unspecified atom stereocenters. The summed E-state index contributed by atoms with van der Waals surface area (Å²) >= 11 is 1.44. The van der Waals surface area contributed by atoms with E-state index in [1.807, 2.05) is 19.9 Å². The summed E-state index contributed by atoms with van der Waals surface area (Å²) in [5, 5.41) is 10.9. The third kappa shape index (κ3) is 3.22. The average molecular weight is 268 g/mol. The smallest absolute Gasteiger partial charge is 0.284 e. The molecule has 1 saturated heterocycles. The predicted octanol–water partition coefficient (Wildman–Crippen LogP) is 2.71. The molecule has 18 heavy (non-hydrogen) atoms. The summed E-state index contributed by atoms with van der Waals surface area (Å²) in [5.41, 5.74) is 0.161. The van der Waals surface area contributed by atoms with E-state index in [2.05, 4.69) is 4.31 Å². The van der Waals surface area contributed by atoms with Gasteiger partial charge < -0.3 is 4.74 Å². The Labute approximate surface area is 110 Å². The van der Waals surface area contributed by atoms with Gasteiger partial charge in [0.1, 0.15) is 4.90 Å². The number of para-hydroxylation sites is 1. The monoisotopic (exact) mass is 268 g/mol. The molecule has 0 aliphatic carbocycles. The van der Waals surface area contributed by atoms with Gasteiger partial charge in [0.2, 0.25) is 0 Å². The van der Waals surface area contributed by atoms with Gasteiger partial charge in [-0.3, -0.25) is 10.1 Å². The fraction of sp³-hybridized carbons (Fsp3) is 0.500. The lowest BCUT2D eigenvalue weighted by atomic mass is 10.3. The van der Waals surface area contributed by atoms with Crippen molar-refractivity contribution in [2.45, 2.75) is 31.0 Å². The molecule has 1 aromatic carbocycles. The number of hydrogen-bond acceptors (Lipinski definition) is 5. The molecular formula is C12H16N2O3S. The number of nitro benzene ring substituents is 1. The first-order chi connectivity index (χ1) is 8.56. The Hall–Kier alpha value is -1.11. The molecule has 1 aliphatic rings. The van der Waals surface area contributed by atoms with E-state index in [0.29, 0.717) is 4.90 Å². The highest BCUT2D eigenvalue weighted by Gasteiger charge is 2.25. The van der Waals surface area contributed by atoms with Crippen molar-refractivity contribution < 1.29 is 9.66 Å². The number of nitrogens with zero attached hydrogens (tertiary/aromatic N) is 2. The standard InChI is InChI=1S/C12H16N2O3S/c1-9-7-13(8-10(2)17-9)18-12-6-4-3-5-11(12)14(15)16/h3-6,9-10H,7-8H2,1-2H3/t9-,10-/m0/s1. The summed E-state index contributed by atoms with van der Waals surface area (Å²) in [4.78, 5) is 11.3. The van der Waals surface area contributed by atoms with Gasteiger partial charge in [0.05, 0.1) is 17.1 Å². The van der Waals surface area contributed by atoms with Crippen molar-refractivity contribution >= 4 is 17.6 Å². The first kappa shape index (κ1) is 13.3. The number of nitro groups is 1. The number of hydrogen-bond donors (Lipinski definition) is 0. The minimum absolute atomic E-state index is 0.156. The van der Waals surface area contributed by atoms with Crippen molar-refractivity contribution in [2.24, 2.45) is 0 Å². The number of rotatable bonds is 3. The van der Waals surface area contributed by atoms with Crippen LogP contribution in [-0.4, -0.2) is 34.5 Å². The zero-order valence-corrected chi connectivity index (χ0v) is 11.2. The Morgan fingerprint density at radius 1 is 1.33 bits per heavy atom. The minimum Gasteiger partial charge on any atom is -0.373 e. The van der Waals surface area contributed by atoms with Crippen LogP contribution in [0, 0.1) is 10.1 Å². The molecule has 0 bridgehead atoms. The van der Waals surface area contributed by atoms with Crippen LogP contribution in [0.25, 0.3) is 0 Å². The molecule has 1 aliphatic heterocycles. The van der Waals surface area contributed by atoms with E-state index < -0.39 is 0 Å². The normalized spacial score (nSPS) is 25.0. The van der Waals surface area contributed by atoms with Gasteiger partial charge in [-0.05, 0) is 31.9 Å². The molecule has 0 saturated carbocycles. The lowest BCUT2D eigenvalue weighted by Crippen LogP contribution is -2.41. The summed E-state index contributed by atoms with van der Waals surface area (Å²) < 4.78 is 7.77. The number of morpholine rings is 1.